The van der Waals surface area contributed by atoms with Gasteiger partial charge in [-0.15, -0.1) is 0 Å². The molecule has 2 nitrogen and oxygen atoms in total. The Labute approximate surface area is 192 Å². The van der Waals surface area contributed by atoms with Gasteiger partial charge in [-0.25, -0.2) is 0 Å². The van der Waals surface area contributed by atoms with Gasteiger partial charge in [-0.05, 0) is 0 Å². The molecule has 1 saturated heterocycles. The average Bonchev–Trinajstić information content (AvgIpc) is 3.07. The molecule has 0 aromatic heterocycles. The molecule has 0 spiro atoms. The van der Waals surface area contributed by atoms with Crippen LogP contribution in [0.4, 0.5) is 11.4 Å². The second kappa shape index (κ2) is 9.28. The Bertz CT molecular complexity index is 785. The number of hydrogen-bond donors (Lipinski definition) is 0. The van der Waals surface area contributed by atoms with Crippen molar-refractivity contribution in [1.29, 1.82) is 0 Å². The van der Waals surface area contributed by atoms with Gasteiger partial charge in [0, 0.05) is 0 Å². The Morgan fingerprint density at radius 3 is 1.07 bits per heavy atom. The SMILES string of the molecule is CC(C)c1cccc(C(C)C)c1N1CCN(c2c(C(C)C)cccc2C(C)C)C1=[Se]. The van der Waals surface area contributed by atoms with E-state index < -0.39 is 0 Å². The van der Waals surface area contributed by atoms with Gasteiger partial charge >= 0.3 is 192 Å². The van der Waals surface area contributed by atoms with Crippen LogP contribution in [0.25, 0.3) is 0 Å². The summed E-state index contributed by atoms with van der Waals surface area (Å²) in [4.78, 5) is 5.07. The molecule has 3 rings (SSSR count). The van der Waals surface area contributed by atoms with Crippen LogP contribution in [0.5, 0.6) is 0 Å². The van der Waals surface area contributed by atoms with Gasteiger partial charge in [-0.1, -0.05) is 0 Å². The van der Waals surface area contributed by atoms with Gasteiger partial charge in [0.25, 0.3) is 0 Å². The minimum atomic E-state index is 0.495. The van der Waals surface area contributed by atoms with Crippen molar-refractivity contribution in [1.82, 2.24) is 0 Å². The molecule has 2 aromatic rings. The molecule has 0 atom stereocenters. The summed E-state index contributed by atoms with van der Waals surface area (Å²) in [6.07, 6.45) is 0. The van der Waals surface area contributed by atoms with Crippen LogP contribution in [0.3, 0.4) is 0 Å². The van der Waals surface area contributed by atoms with E-state index in [-0.39, 0.29) is 0 Å². The third kappa shape index (κ3) is 4.25. The van der Waals surface area contributed by atoms with Crippen molar-refractivity contribution in [2.45, 2.75) is 79.1 Å². The zero-order valence-electron chi connectivity index (χ0n) is 20.0. The monoisotopic (exact) mass is 470 g/mol. The molecular formula is C27H38N2Se. The zero-order valence-corrected chi connectivity index (χ0v) is 21.7. The fraction of sp³-hybridized carbons (Fsp3) is 0.519. The van der Waals surface area contributed by atoms with E-state index in [9.17, 15) is 0 Å². The first-order valence-electron chi connectivity index (χ1n) is 11.5. The fourth-order valence-corrected chi connectivity index (χ4v) is 5.36. The van der Waals surface area contributed by atoms with Crippen molar-refractivity contribution >= 4 is 31.6 Å². The Balaban J connectivity index is 2.12. The summed E-state index contributed by atoms with van der Waals surface area (Å²) in [6, 6.07) is 13.7. The van der Waals surface area contributed by atoms with E-state index in [0.29, 0.717) is 23.7 Å². The van der Waals surface area contributed by atoms with Crippen molar-refractivity contribution in [3.8, 4) is 0 Å². The van der Waals surface area contributed by atoms with E-state index >= 15 is 0 Å². The van der Waals surface area contributed by atoms with Crippen molar-refractivity contribution < 1.29 is 0 Å². The third-order valence-corrected chi connectivity index (χ3v) is 7.16. The standard InChI is InChI=1S/C27H38N2Se/c1-17(2)21-11-9-12-22(18(3)4)25(21)28-15-16-29(27(28)30)26-23(19(5)6)13-10-14-24(26)20(7)8/h9-14,17-20H,15-16H2,1-8H3. The summed E-state index contributed by atoms with van der Waals surface area (Å²) in [5.74, 6) is 1.98. The Hall–Kier alpha value is -1.57. The normalized spacial score (nSPS) is 14.9. The van der Waals surface area contributed by atoms with Crippen LogP contribution in [0.15, 0.2) is 36.4 Å². The first-order chi connectivity index (χ1) is 14.1. The molecule has 30 heavy (non-hydrogen) atoms. The molecule has 0 saturated carbocycles. The van der Waals surface area contributed by atoms with E-state index in [1.807, 2.05) is 0 Å². The number of rotatable bonds is 6. The molecule has 0 unspecified atom stereocenters. The van der Waals surface area contributed by atoms with E-state index in [2.05, 4.69) is 117 Å². The molecule has 0 aliphatic carbocycles. The second-order valence-electron chi connectivity index (χ2n) is 9.77. The van der Waals surface area contributed by atoms with E-state index in [1.54, 1.807) is 0 Å². The van der Waals surface area contributed by atoms with Gasteiger partial charge in [-0.3, -0.25) is 0 Å². The number of anilines is 2. The maximum absolute atomic E-state index is 3.47. The van der Waals surface area contributed by atoms with Gasteiger partial charge in [0.05, 0.1) is 0 Å². The van der Waals surface area contributed by atoms with Crippen LogP contribution in [0.1, 0.15) is 101 Å². The zero-order chi connectivity index (χ0) is 22.2. The first kappa shape index (κ1) is 23.1. The topological polar surface area (TPSA) is 6.48 Å². The number of para-hydroxylation sites is 2. The predicted octanol–water partition coefficient (Wildman–Crippen LogP) is 6.76. The molecule has 0 amide bonds. The summed E-state index contributed by atoms with van der Waals surface area (Å²) in [5.41, 5.74) is 8.59. The van der Waals surface area contributed by atoms with Crippen LogP contribution >= 0.6 is 0 Å². The summed E-state index contributed by atoms with van der Waals surface area (Å²) < 4.78 is 1.24. The number of benzene rings is 2. The van der Waals surface area contributed by atoms with Crippen LogP contribution < -0.4 is 9.80 Å². The molecule has 0 bridgehead atoms. The van der Waals surface area contributed by atoms with Gasteiger partial charge in [-0.2, -0.15) is 0 Å². The van der Waals surface area contributed by atoms with E-state index in [0.717, 1.165) is 13.1 Å². The molecule has 1 fully saturated rings. The number of nitrogens with zero attached hydrogens (tertiary/aromatic N) is 2. The van der Waals surface area contributed by atoms with E-state index in [1.165, 1.54) is 38.3 Å². The average molecular weight is 470 g/mol. The minimum absolute atomic E-state index is 0.495. The summed E-state index contributed by atoms with van der Waals surface area (Å²) in [5, 5.41) is 0. The quantitative estimate of drug-likeness (QED) is 0.431. The van der Waals surface area contributed by atoms with Crippen LogP contribution in [-0.2, 0) is 0 Å². The summed E-state index contributed by atoms with van der Waals surface area (Å²) in [7, 11) is 0. The summed E-state index contributed by atoms with van der Waals surface area (Å²) in [6.45, 7) is 20.5. The van der Waals surface area contributed by atoms with Crippen LogP contribution in [-0.4, -0.2) is 33.3 Å². The second-order valence-corrected chi connectivity index (χ2v) is 10.5. The van der Waals surface area contributed by atoms with Crippen LogP contribution in [0, 0.1) is 0 Å². The maximum atomic E-state index is 3.47. The van der Waals surface area contributed by atoms with Gasteiger partial charge in [0.1, 0.15) is 0 Å². The molecule has 1 heterocycles. The van der Waals surface area contributed by atoms with Crippen LogP contribution in [0.2, 0.25) is 0 Å². The Kier molecular flexibility index (Phi) is 7.15. The van der Waals surface area contributed by atoms with Crippen molar-refractivity contribution in [2.24, 2.45) is 0 Å². The molecular weight excluding hydrogens is 431 g/mol. The number of hydrogen-bond acceptors (Lipinski definition) is 2. The van der Waals surface area contributed by atoms with Gasteiger partial charge in [0.15, 0.2) is 0 Å². The molecule has 162 valence electrons. The molecule has 0 radical (unpaired) electrons. The van der Waals surface area contributed by atoms with Crippen molar-refractivity contribution in [3.63, 3.8) is 0 Å². The molecule has 1 aliphatic rings. The predicted molar refractivity (Wildman–Crippen MR) is 135 cm³/mol. The summed E-state index contributed by atoms with van der Waals surface area (Å²) >= 11 is 3.47. The first-order valence-corrected chi connectivity index (χ1v) is 12.3. The van der Waals surface area contributed by atoms with E-state index in [4.69, 9.17) is 0 Å². The Morgan fingerprint density at radius 2 is 0.833 bits per heavy atom. The Morgan fingerprint density at radius 1 is 0.567 bits per heavy atom. The molecule has 3 heteroatoms. The van der Waals surface area contributed by atoms with Gasteiger partial charge < -0.3 is 0 Å². The van der Waals surface area contributed by atoms with Crippen molar-refractivity contribution in [3.05, 3.63) is 58.7 Å². The third-order valence-electron chi connectivity index (χ3n) is 6.23. The molecule has 2 aromatic carbocycles. The molecule has 0 N–H and O–H groups in total. The van der Waals surface area contributed by atoms with Crippen molar-refractivity contribution in [2.75, 3.05) is 22.9 Å². The fourth-order valence-electron chi connectivity index (χ4n) is 4.60. The molecule has 1 aliphatic heterocycles. The van der Waals surface area contributed by atoms with Gasteiger partial charge in [0.2, 0.25) is 0 Å².